The van der Waals surface area contributed by atoms with E-state index in [9.17, 15) is 13.2 Å². The third-order valence-electron chi connectivity index (χ3n) is 5.41. The van der Waals surface area contributed by atoms with Gasteiger partial charge in [0.2, 0.25) is 0 Å². The molecule has 2 N–H and O–H groups in total. The number of nitrogens with one attached hydrogen (secondary N) is 2. The van der Waals surface area contributed by atoms with Crippen molar-refractivity contribution in [1.82, 2.24) is 23.6 Å². The molecule has 172 valence electrons. The second-order valence-corrected chi connectivity index (χ2v) is 9.81. The molecule has 0 fully saturated rings. The van der Waals surface area contributed by atoms with E-state index in [2.05, 4.69) is 18.8 Å². The van der Waals surface area contributed by atoms with Crippen LogP contribution in [-0.2, 0) is 17.1 Å². The Balaban J connectivity index is 1.47. The number of sulfonamides is 1. The first-order valence-electron chi connectivity index (χ1n) is 10.5. The number of benzene rings is 3. The van der Waals surface area contributed by atoms with Crippen molar-refractivity contribution in [3.05, 3.63) is 66.2 Å². The number of imidazole rings is 1. The molecule has 5 aromatic rings. The molecule has 1 amide bonds. The van der Waals surface area contributed by atoms with Crippen molar-refractivity contribution < 1.29 is 13.2 Å². The van der Waals surface area contributed by atoms with Gasteiger partial charge >= 0.3 is 0 Å². The lowest BCUT2D eigenvalue weighted by atomic mass is 10.1. The van der Waals surface area contributed by atoms with E-state index in [-0.39, 0.29) is 10.8 Å². The van der Waals surface area contributed by atoms with Crippen LogP contribution in [0.1, 0.15) is 17.3 Å². The third kappa shape index (κ3) is 3.88. The van der Waals surface area contributed by atoms with Crippen LogP contribution in [0.15, 0.2) is 65.6 Å². The van der Waals surface area contributed by atoms with Gasteiger partial charge in [-0.15, -0.1) is 0 Å². The predicted octanol–water partition coefficient (Wildman–Crippen LogP) is 3.80. The van der Waals surface area contributed by atoms with Gasteiger partial charge in [0.1, 0.15) is 21.8 Å². The van der Waals surface area contributed by atoms with E-state index in [4.69, 9.17) is 4.98 Å². The number of aryl methyl sites for hydroxylation is 1. The normalized spacial score (nSPS) is 11.7. The molecule has 2 heterocycles. The maximum Gasteiger partial charge on any atom is 0.264 e. The minimum Gasteiger partial charge on any atom is -0.352 e. The molecule has 34 heavy (non-hydrogen) atoms. The fraction of sp³-hybridized carbons (Fsp3) is 0.130. The van der Waals surface area contributed by atoms with Gasteiger partial charge in [-0.05, 0) is 49.4 Å². The van der Waals surface area contributed by atoms with Gasteiger partial charge in [-0.25, -0.2) is 13.4 Å². The van der Waals surface area contributed by atoms with E-state index in [1.807, 2.05) is 36.7 Å². The van der Waals surface area contributed by atoms with E-state index >= 15 is 0 Å². The molecule has 0 aliphatic heterocycles. The second-order valence-electron chi connectivity index (χ2n) is 7.63. The average molecular weight is 493 g/mol. The molecule has 0 bridgehead atoms. The lowest BCUT2D eigenvalue weighted by molar-refractivity contribution is 0.0956. The van der Waals surface area contributed by atoms with Crippen LogP contribution >= 0.6 is 11.7 Å². The van der Waals surface area contributed by atoms with E-state index in [0.717, 1.165) is 22.8 Å². The first-order valence-corrected chi connectivity index (χ1v) is 12.7. The molecule has 0 aliphatic carbocycles. The van der Waals surface area contributed by atoms with E-state index in [1.54, 1.807) is 36.4 Å². The van der Waals surface area contributed by atoms with Crippen molar-refractivity contribution in [2.24, 2.45) is 7.05 Å². The van der Waals surface area contributed by atoms with Crippen LogP contribution in [0.4, 0.5) is 5.69 Å². The van der Waals surface area contributed by atoms with Gasteiger partial charge in [-0.2, -0.15) is 8.75 Å². The molecule has 0 radical (unpaired) electrons. The number of hydrogen-bond donors (Lipinski definition) is 2. The summed E-state index contributed by atoms with van der Waals surface area (Å²) < 4.78 is 38.9. The first-order chi connectivity index (χ1) is 16.4. The van der Waals surface area contributed by atoms with Crippen LogP contribution in [0, 0.1) is 0 Å². The number of rotatable bonds is 6. The van der Waals surface area contributed by atoms with Crippen LogP contribution in [0.3, 0.4) is 0 Å². The SMILES string of the molecule is CCNC(=O)c1ccc(-c2nc3cc(NS(=O)(=O)c4cccc5nsnc45)ccc3n2C)cc1. The van der Waals surface area contributed by atoms with Crippen LogP contribution in [-0.4, -0.2) is 39.2 Å². The Morgan fingerprint density at radius 3 is 2.59 bits per heavy atom. The van der Waals surface area contributed by atoms with Gasteiger partial charge in [0, 0.05) is 24.7 Å². The Morgan fingerprint density at radius 2 is 1.82 bits per heavy atom. The minimum atomic E-state index is -3.87. The Morgan fingerprint density at radius 1 is 1.03 bits per heavy atom. The number of anilines is 1. The van der Waals surface area contributed by atoms with Gasteiger partial charge in [-0.3, -0.25) is 9.52 Å². The minimum absolute atomic E-state index is 0.0766. The third-order valence-corrected chi connectivity index (χ3v) is 7.37. The largest absolute Gasteiger partial charge is 0.352 e. The summed E-state index contributed by atoms with van der Waals surface area (Å²) in [6, 6.07) is 17.3. The summed E-state index contributed by atoms with van der Waals surface area (Å²) in [5.74, 6) is 0.580. The summed E-state index contributed by atoms with van der Waals surface area (Å²) in [5.41, 5.74) is 4.18. The molecule has 5 rings (SSSR count). The molecule has 0 unspecified atom stereocenters. The quantitative estimate of drug-likeness (QED) is 0.372. The van der Waals surface area contributed by atoms with Gasteiger partial charge in [0.25, 0.3) is 15.9 Å². The summed E-state index contributed by atoms with van der Waals surface area (Å²) in [5, 5.41) is 2.78. The zero-order valence-corrected chi connectivity index (χ0v) is 19.9. The Labute approximate surface area is 199 Å². The molecule has 0 saturated carbocycles. The highest BCUT2D eigenvalue weighted by molar-refractivity contribution is 7.93. The number of carbonyl (C=O) groups excluding carboxylic acids is 1. The van der Waals surface area contributed by atoms with Crippen molar-refractivity contribution in [3.63, 3.8) is 0 Å². The zero-order valence-electron chi connectivity index (χ0n) is 18.3. The summed E-state index contributed by atoms with van der Waals surface area (Å²) in [6.45, 7) is 2.43. The predicted molar refractivity (Wildman–Crippen MR) is 132 cm³/mol. The molecule has 0 saturated heterocycles. The molecular weight excluding hydrogens is 472 g/mol. The van der Waals surface area contributed by atoms with Gasteiger partial charge in [0.05, 0.1) is 28.4 Å². The van der Waals surface area contributed by atoms with Crippen molar-refractivity contribution in [2.75, 3.05) is 11.3 Å². The summed E-state index contributed by atoms with van der Waals surface area (Å²) in [4.78, 5) is 16.8. The zero-order chi connectivity index (χ0) is 23.9. The van der Waals surface area contributed by atoms with Crippen LogP contribution in [0.2, 0.25) is 0 Å². The lowest BCUT2D eigenvalue weighted by Gasteiger charge is -2.08. The molecule has 9 nitrogen and oxygen atoms in total. The average Bonchev–Trinajstić information content (AvgIpc) is 3.43. The van der Waals surface area contributed by atoms with Gasteiger partial charge in [-0.1, -0.05) is 18.2 Å². The highest BCUT2D eigenvalue weighted by Gasteiger charge is 2.20. The Kier molecular flexibility index (Phi) is 5.50. The molecule has 11 heteroatoms. The van der Waals surface area contributed by atoms with Crippen molar-refractivity contribution >= 4 is 55.4 Å². The van der Waals surface area contributed by atoms with Crippen molar-refractivity contribution in [3.8, 4) is 11.4 Å². The number of carbonyl (C=O) groups is 1. The van der Waals surface area contributed by atoms with Gasteiger partial charge in [0.15, 0.2) is 0 Å². The smallest absolute Gasteiger partial charge is 0.264 e. The first kappa shape index (κ1) is 22.0. The fourth-order valence-electron chi connectivity index (χ4n) is 3.76. The molecule has 0 spiro atoms. The number of hydrogen-bond acceptors (Lipinski definition) is 7. The molecule has 0 aliphatic rings. The van der Waals surface area contributed by atoms with E-state index in [0.29, 0.717) is 40.2 Å². The number of fused-ring (bicyclic) bond motifs is 2. The van der Waals surface area contributed by atoms with Crippen molar-refractivity contribution in [1.29, 1.82) is 0 Å². The standard InChI is InChI=1S/C23H20N6O3S2/c1-3-24-23(30)15-9-7-14(8-10-15)22-25-18-13-16(11-12-19(18)29(22)2)28-34(31,32)20-6-4-5-17-21(20)27-33-26-17/h4-13,28H,3H2,1-2H3,(H,24,30). The molecule has 3 aromatic carbocycles. The maximum absolute atomic E-state index is 13.0. The van der Waals surface area contributed by atoms with Gasteiger partial charge < -0.3 is 9.88 Å². The number of amides is 1. The molecular formula is C23H20N6O3S2. The lowest BCUT2D eigenvalue weighted by Crippen LogP contribution is -2.22. The van der Waals surface area contributed by atoms with Crippen LogP contribution < -0.4 is 10.0 Å². The second kappa shape index (κ2) is 8.50. The Bertz CT molecular complexity index is 1640. The molecule has 0 atom stereocenters. The van der Waals surface area contributed by atoms with Crippen LogP contribution in [0.25, 0.3) is 33.5 Å². The summed E-state index contributed by atoms with van der Waals surface area (Å²) in [6.07, 6.45) is 0. The summed E-state index contributed by atoms with van der Waals surface area (Å²) >= 11 is 0.971. The van der Waals surface area contributed by atoms with Crippen LogP contribution in [0.5, 0.6) is 0 Å². The van der Waals surface area contributed by atoms with E-state index < -0.39 is 10.0 Å². The summed E-state index contributed by atoms with van der Waals surface area (Å²) in [7, 11) is -1.98. The highest BCUT2D eigenvalue weighted by atomic mass is 32.2. The molecule has 2 aromatic heterocycles. The Hall–Kier alpha value is -3.83. The van der Waals surface area contributed by atoms with E-state index in [1.165, 1.54) is 6.07 Å². The number of aromatic nitrogens is 4. The number of nitrogens with zero attached hydrogens (tertiary/aromatic N) is 4. The fourth-order valence-corrected chi connectivity index (χ4v) is 5.58. The van der Waals surface area contributed by atoms with Crippen molar-refractivity contribution in [2.45, 2.75) is 11.8 Å². The maximum atomic E-state index is 13.0. The monoisotopic (exact) mass is 492 g/mol. The topological polar surface area (TPSA) is 119 Å². The highest BCUT2D eigenvalue weighted by Crippen LogP contribution is 2.28.